The molecule has 55 heavy (non-hydrogen) atoms. The summed E-state index contributed by atoms with van der Waals surface area (Å²) < 4.78 is 4.95. The van der Waals surface area contributed by atoms with Crippen LogP contribution in [0, 0.1) is 5.92 Å². The highest BCUT2D eigenvalue weighted by molar-refractivity contribution is 5.90. The Morgan fingerprint density at radius 3 is 2.20 bits per heavy atom. The van der Waals surface area contributed by atoms with E-state index >= 15 is 0 Å². The Bertz CT molecular complexity index is 2140. The molecular formula is C44H53N7O4. The van der Waals surface area contributed by atoms with Gasteiger partial charge in [-0.3, -0.25) is 9.80 Å². The van der Waals surface area contributed by atoms with Crippen molar-refractivity contribution < 1.29 is 19.4 Å². The molecule has 4 atom stereocenters. The summed E-state index contributed by atoms with van der Waals surface area (Å²) in [7, 11) is 1.42. The van der Waals surface area contributed by atoms with Gasteiger partial charge in [-0.1, -0.05) is 94.3 Å². The highest BCUT2D eigenvalue weighted by Crippen LogP contribution is 2.37. The molecule has 288 valence electrons. The number of ether oxygens (including phenoxy) is 1. The van der Waals surface area contributed by atoms with Crippen LogP contribution >= 0.6 is 0 Å². The van der Waals surface area contributed by atoms with Crippen LogP contribution < -0.4 is 5.32 Å². The summed E-state index contributed by atoms with van der Waals surface area (Å²) >= 11 is 0. The van der Waals surface area contributed by atoms with Gasteiger partial charge in [-0.15, -0.1) is 0 Å². The van der Waals surface area contributed by atoms with Gasteiger partial charge in [0, 0.05) is 24.2 Å². The number of imidazole rings is 2. The lowest BCUT2D eigenvalue weighted by atomic mass is 9.92. The number of methoxy groups -OCH3 is 1. The van der Waals surface area contributed by atoms with Gasteiger partial charge in [0.15, 0.2) is 0 Å². The van der Waals surface area contributed by atoms with Gasteiger partial charge < -0.3 is 25.1 Å². The molecule has 4 heterocycles. The first kappa shape index (κ1) is 37.9. The smallest absolute Gasteiger partial charge is 0.408 e. The Labute approximate surface area is 323 Å². The number of rotatable bonds is 13. The maximum atomic E-state index is 12.2. The first-order valence-corrected chi connectivity index (χ1v) is 19.6. The maximum Gasteiger partial charge on any atom is 0.408 e. The van der Waals surface area contributed by atoms with Gasteiger partial charge in [0.2, 0.25) is 0 Å². The second kappa shape index (κ2) is 16.5. The molecule has 2 aromatic heterocycles. The molecule has 5 aromatic rings. The zero-order chi connectivity index (χ0) is 38.6. The summed E-state index contributed by atoms with van der Waals surface area (Å²) in [5.74, 6) is 1.94. The van der Waals surface area contributed by atoms with E-state index in [2.05, 4.69) is 113 Å². The molecule has 2 saturated heterocycles. The van der Waals surface area contributed by atoms with E-state index < -0.39 is 6.09 Å². The van der Waals surface area contributed by atoms with E-state index in [1.54, 1.807) is 6.20 Å². The monoisotopic (exact) mass is 743 g/mol. The molecule has 0 saturated carbocycles. The number of hydrogen-bond acceptors (Lipinski definition) is 6. The number of carbonyl (C=O) groups excluding carboxylic acids is 1. The number of nitrogens with zero attached hydrogens (tertiary/aromatic N) is 4. The lowest BCUT2D eigenvalue weighted by Crippen LogP contribution is -2.45. The molecular weight excluding hydrogens is 691 g/mol. The Hall–Kier alpha value is -5.42. The first-order chi connectivity index (χ1) is 26.6. The number of amides is 2. The molecule has 11 nitrogen and oxygen atoms in total. The van der Waals surface area contributed by atoms with E-state index in [4.69, 9.17) is 9.72 Å². The second-order valence-corrected chi connectivity index (χ2v) is 15.5. The SMILES string of the molecule is C=C1CC(c2ncc(-c3ccc(-c4ccc5cc(-c6cnc(C7CCCN7C(CCCC)CC(NC(=O)OC)C(C)C)[nH]6)ccc5c4)cc3)[nH]2)N(C(=O)O)C1. The molecule has 2 amide bonds. The average Bonchev–Trinajstić information content (AvgIpc) is 4.02. The fourth-order valence-electron chi connectivity index (χ4n) is 8.36. The molecule has 0 spiro atoms. The fourth-order valence-corrected chi connectivity index (χ4v) is 8.36. The van der Waals surface area contributed by atoms with Crippen LogP contribution in [0.5, 0.6) is 0 Å². The minimum Gasteiger partial charge on any atom is -0.465 e. The highest BCUT2D eigenvalue weighted by atomic mass is 16.5. The van der Waals surface area contributed by atoms with Crippen molar-refractivity contribution in [2.45, 2.75) is 89.9 Å². The lowest BCUT2D eigenvalue weighted by Gasteiger charge is -2.36. The number of aromatic amines is 2. The number of alkyl carbamates (subject to hydrolysis) is 1. The third-order valence-corrected chi connectivity index (χ3v) is 11.5. The average molecular weight is 744 g/mol. The normalized spacial score (nSPS) is 18.6. The van der Waals surface area contributed by atoms with Crippen molar-refractivity contribution in [1.82, 2.24) is 35.1 Å². The molecule has 11 heteroatoms. The molecule has 4 unspecified atom stereocenters. The van der Waals surface area contributed by atoms with E-state index in [1.807, 2.05) is 6.20 Å². The molecule has 3 aromatic carbocycles. The van der Waals surface area contributed by atoms with Crippen molar-refractivity contribution in [3.63, 3.8) is 0 Å². The van der Waals surface area contributed by atoms with E-state index in [1.165, 1.54) is 12.0 Å². The van der Waals surface area contributed by atoms with Crippen molar-refractivity contribution in [3.05, 3.63) is 96.9 Å². The van der Waals surface area contributed by atoms with Gasteiger partial charge in [-0.05, 0) is 84.2 Å². The van der Waals surface area contributed by atoms with Crippen molar-refractivity contribution in [2.24, 2.45) is 5.92 Å². The van der Waals surface area contributed by atoms with Gasteiger partial charge in [0.1, 0.15) is 11.6 Å². The summed E-state index contributed by atoms with van der Waals surface area (Å²) in [4.78, 5) is 44.4. The van der Waals surface area contributed by atoms with Crippen molar-refractivity contribution >= 4 is 23.0 Å². The van der Waals surface area contributed by atoms with Gasteiger partial charge in [0.25, 0.3) is 0 Å². The Balaban J connectivity index is 1.04. The summed E-state index contributed by atoms with van der Waals surface area (Å²) in [6.45, 7) is 11.9. The van der Waals surface area contributed by atoms with Crippen LogP contribution in [0.1, 0.15) is 89.4 Å². The lowest BCUT2D eigenvalue weighted by molar-refractivity contribution is 0.127. The van der Waals surface area contributed by atoms with Gasteiger partial charge in [0.05, 0.1) is 43.0 Å². The van der Waals surface area contributed by atoms with Crippen LogP contribution in [0.2, 0.25) is 0 Å². The zero-order valence-corrected chi connectivity index (χ0v) is 32.3. The van der Waals surface area contributed by atoms with E-state index in [0.717, 1.165) is 101 Å². The van der Waals surface area contributed by atoms with Crippen molar-refractivity contribution in [2.75, 3.05) is 20.2 Å². The standard InChI is InChI=1S/C44H53N7O4/c1-6-7-9-35(23-36(27(2)3)49-43(52)55-5)50-19-8-10-39(50)41-45-25-38(48-41)34-18-17-32-21-31(15-16-33(32)22-34)29-11-13-30(14-12-29)37-24-46-42(47-37)40-20-28(4)26-51(40)44(53)54/h11-18,21-22,24-25,27,35-36,39-40H,4,6-10,19-20,23,26H2,1-3,5H3,(H,45,48)(H,46,47)(H,49,52)(H,53,54). The summed E-state index contributed by atoms with van der Waals surface area (Å²) in [5, 5.41) is 15.0. The third-order valence-electron chi connectivity index (χ3n) is 11.5. The summed E-state index contributed by atoms with van der Waals surface area (Å²) in [6.07, 6.45) is 9.40. The summed E-state index contributed by atoms with van der Waals surface area (Å²) in [5.41, 5.74) is 7.07. The number of hydrogen-bond donors (Lipinski definition) is 4. The fraction of sp³-hybridized carbons (Fsp3) is 0.409. The van der Waals surface area contributed by atoms with Gasteiger partial charge in [-0.25, -0.2) is 19.6 Å². The number of benzene rings is 3. The van der Waals surface area contributed by atoms with E-state index in [-0.39, 0.29) is 24.2 Å². The minimum atomic E-state index is -0.963. The maximum absolute atomic E-state index is 12.2. The van der Waals surface area contributed by atoms with Crippen LogP contribution in [-0.2, 0) is 4.74 Å². The molecule has 2 aliphatic heterocycles. The van der Waals surface area contributed by atoms with Crippen LogP contribution in [-0.4, -0.2) is 79.3 Å². The van der Waals surface area contributed by atoms with Gasteiger partial charge in [-0.2, -0.15) is 0 Å². The molecule has 0 bridgehead atoms. The number of H-pyrrole nitrogens is 2. The van der Waals surface area contributed by atoms with Crippen LogP contribution in [0.15, 0.2) is 85.2 Å². The van der Waals surface area contributed by atoms with E-state index in [0.29, 0.717) is 30.7 Å². The van der Waals surface area contributed by atoms with Crippen LogP contribution in [0.25, 0.3) is 44.4 Å². The number of likely N-dealkylation sites (tertiary alicyclic amines) is 2. The topological polar surface area (TPSA) is 139 Å². The van der Waals surface area contributed by atoms with Crippen molar-refractivity contribution in [3.8, 4) is 33.6 Å². The van der Waals surface area contributed by atoms with E-state index in [9.17, 15) is 14.7 Å². The van der Waals surface area contributed by atoms with Crippen LogP contribution in [0.3, 0.4) is 0 Å². The van der Waals surface area contributed by atoms with Crippen LogP contribution in [0.4, 0.5) is 9.59 Å². The quantitative estimate of drug-likeness (QED) is 0.0881. The first-order valence-electron chi connectivity index (χ1n) is 19.6. The Morgan fingerprint density at radius 2 is 1.55 bits per heavy atom. The predicted octanol–water partition coefficient (Wildman–Crippen LogP) is 9.73. The molecule has 0 aliphatic carbocycles. The molecule has 7 rings (SSSR count). The number of carboxylic acid groups (broad SMARTS) is 1. The highest BCUT2D eigenvalue weighted by Gasteiger charge is 2.36. The third kappa shape index (κ3) is 8.32. The number of fused-ring (bicyclic) bond motifs is 1. The molecule has 0 radical (unpaired) electrons. The number of carbonyl (C=O) groups is 2. The Morgan fingerprint density at radius 1 is 0.927 bits per heavy atom. The predicted molar refractivity (Wildman–Crippen MR) is 217 cm³/mol. The second-order valence-electron chi connectivity index (χ2n) is 15.5. The Kier molecular flexibility index (Phi) is 11.4. The number of nitrogens with one attached hydrogen (secondary N) is 3. The molecule has 2 aliphatic rings. The van der Waals surface area contributed by atoms with Gasteiger partial charge >= 0.3 is 12.2 Å². The van der Waals surface area contributed by atoms with Crippen molar-refractivity contribution in [1.29, 1.82) is 0 Å². The minimum absolute atomic E-state index is 0.0361. The summed E-state index contributed by atoms with van der Waals surface area (Å²) in [6, 6.07) is 21.7. The number of unbranched alkanes of at least 4 members (excludes halogenated alkanes) is 1. The zero-order valence-electron chi connectivity index (χ0n) is 32.3. The largest absolute Gasteiger partial charge is 0.465 e. The number of aromatic nitrogens is 4. The molecule has 2 fully saturated rings. The molecule has 4 N–H and O–H groups in total.